The van der Waals surface area contributed by atoms with E-state index in [1.165, 1.54) is 13.4 Å². The number of aromatic nitrogens is 3. The molecule has 210 valence electrons. The van der Waals surface area contributed by atoms with Crippen molar-refractivity contribution in [3.63, 3.8) is 0 Å². The van der Waals surface area contributed by atoms with E-state index in [1.807, 2.05) is 30.3 Å². The van der Waals surface area contributed by atoms with Gasteiger partial charge in [-0.1, -0.05) is 24.3 Å². The largest absolute Gasteiger partial charge is 0.755 e. The van der Waals surface area contributed by atoms with Crippen LogP contribution >= 0.6 is 0 Å². The Hall–Kier alpha value is -3.65. The summed E-state index contributed by atoms with van der Waals surface area (Å²) in [6.45, 7) is 2.73. The molecular weight excluding hydrogens is 552 g/mol. The number of fused-ring (bicyclic) bond motifs is 1. The number of ether oxygens (including phenoxy) is 1. The highest BCUT2D eigenvalue weighted by Crippen LogP contribution is 2.39. The van der Waals surface area contributed by atoms with Crippen molar-refractivity contribution in [1.29, 1.82) is 0 Å². The molecule has 0 aliphatic heterocycles. The second-order valence-electron chi connectivity index (χ2n) is 10.1. The molecule has 11 nitrogen and oxygen atoms in total. The van der Waals surface area contributed by atoms with Crippen molar-refractivity contribution in [2.75, 3.05) is 28.7 Å². The topological polar surface area (TPSA) is 158 Å². The van der Waals surface area contributed by atoms with Crippen molar-refractivity contribution in [3.05, 3.63) is 65.7 Å². The lowest BCUT2D eigenvalue weighted by Crippen LogP contribution is -2.18. The Balaban J connectivity index is 1.47. The molecule has 2 aromatic carbocycles. The zero-order valence-electron chi connectivity index (χ0n) is 22.2. The van der Waals surface area contributed by atoms with Gasteiger partial charge >= 0.3 is 0 Å². The van der Waals surface area contributed by atoms with Gasteiger partial charge in [-0.05, 0) is 61.2 Å². The molecule has 3 N–H and O–H groups in total. The van der Waals surface area contributed by atoms with E-state index >= 15 is 0 Å². The Morgan fingerprint density at radius 3 is 2.45 bits per heavy atom. The fourth-order valence-electron chi connectivity index (χ4n) is 4.24. The first kappa shape index (κ1) is 27.9. The van der Waals surface area contributed by atoms with Crippen molar-refractivity contribution < 1.29 is 21.9 Å². The standard InChI is InChI=1S/C27H30N6O5S2/c1-27(12-13-27)32-25-24-22(30-26(31-25)28-15-17-4-8-20(9-5-17)33-39(34)35)11-10-21(29-24)18-6-7-19(16-38-2)23(14-18)40(3,36)37/h4-11,14,33H,12-13,15-16H2,1-3H3,(H,34,35)(H2,28,30,31,32)/p-1. The number of nitrogens with one attached hydrogen (secondary N) is 3. The van der Waals surface area contributed by atoms with E-state index in [0.717, 1.165) is 18.4 Å². The van der Waals surface area contributed by atoms with Crippen molar-refractivity contribution in [3.8, 4) is 11.3 Å². The van der Waals surface area contributed by atoms with Crippen molar-refractivity contribution >= 4 is 49.6 Å². The summed E-state index contributed by atoms with van der Waals surface area (Å²) in [4.78, 5) is 14.4. The number of sulfone groups is 1. The SMILES string of the molecule is COCc1ccc(-c2ccc3nc(NCc4ccc(NS(=O)[O-])cc4)nc(NC4(C)CC4)c3n2)cc1S(C)(=O)=O. The van der Waals surface area contributed by atoms with E-state index in [2.05, 4.69) is 27.3 Å². The maximum atomic E-state index is 12.5. The molecule has 1 aliphatic rings. The van der Waals surface area contributed by atoms with Gasteiger partial charge in [0.15, 0.2) is 15.7 Å². The summed E-state index contributed by atoms with van der Waals surface area (Å²) < 4.78 is 54.1. The van der Waals surface area contributed by atoms with E-state index in [0.29, 0.717) is 51.9 Å². The van der Waals surface area contributed by atoms with Gasteiger partial charge in [-0.25, -0.2) is 18.4 Å². The Morgan fingerprint density at radius 2 is 1.80 bits per heavy atom. The van der Waals surface area contributed by atoms with Crippen LogP contribution < -0.4 is 15.4 Å². The highest BCUT2D eigenvalue weighted by Gasteiger charge is 2.38. The third kappa shape index (κ3) is 6.55. The van der Waals surface area contributed by atoms with Gasteiger partial charge in [0, 0.05) is 48.0 Å². The molecule has 1 saturated carbocycles. The molecule has 0 spiro atoms. The highest BCUT2D eigenvalue weighted by molar-refractivity contribution is 7.90. The average Bonchev–Trinajstić information content (AvgIpc) is 3.64. The van der Waals surface area contributed by atoms with Crippen LogP contribution in [0.4, 0.5) is 17.5 Å². The summed E-state index contributed by atoms with van der Waals surface area (Å²) in [6, 6.07) is 15.8. The average molecular weight is 582 g/mol. The number of hydrogen-bond acceptors (Lipinski definition) is 10. The minimum absolute atomic E-state index is 0.0774. The lowest BCUT2D eigenvalue weighted by Gasteiger charge is -2.16. The number of hydrogen-bond donors (Lipinski definition) is 3. The van der Waals surface area contributed by atoms with Gasteiger partial charge in [-0.15, -0.1) is 0 Å². The Kier molecular flexibility index (Phi) is 7.73. The van der Waals surface area contributed by atoms with Crippen molar-refractivity contribution in [2.24, 2.45) is 0 Å². The van der Waals surface area contributed by atoms with E-state index < -0.39 is 21.1 Å². The zero-order chi connectivity index (χ0) is 28.5. The van der Waals surface area contributed by atoms with Gasteiger partial charge in [-0.2, -0.15) is 4.98 Å². The summed E-state index contributed by atoms with van der Waals surface area (Å²) in [5, 5.41) is 6.74. The van der Waals surface area contributed by atoms with E-state index in [4.69, 9.17) is 14.7 Å². The fraction of sp³-hybridized carbons (Fsp3) is 0.296. The number of pyridine rings is 1. The normalized spacial score (nSPS) is 15.0. The first-order chi connectivity index (χ1) is 19.0. The molecule has 13 heteroatoms. The fourth-order valence-corrected chi connectivity index (χ4v) is 5.51. The predicted octanol–water partition coefficient (Wildman–Crippen LogP) is 4.02. The van der Waals surface area contributed by atoms with Crippen LogP contribution in [-0.2, 0) is 39.0 Å². The highest BCUT2D eigenvalue weighted by atomic mass is 32.2. The van der Waals surface area contributed by atoms with E-state index in [9.17, 15) is 17.2 Å². The van der Waals surface area contributed by atoms with Crippen LogP contribution in [0.25, 0.3) is 22.3 Å². The van der Waals surface area contributed by atoms with Crippen LogP contribution in [0.5, 0.6) is 0 Å². The monoisotopic (exact) mass is 581 g/mol. The number of nitrogens with zero attached hydrogens (tertiary/aromatic N) is 3. The smallest absolute Gasteiger partial charge is 0.225 e. The summed E-state index contributed by atoms with van der Waals surface area (Å²) >= 11 is -2.38. The summed E-state index contributed by atoms with van der Waals surface area (Å²) in [6.07, 6.45) is 3.20. The van der Waals surface area contributed by atoms with Gasteiger partial charge in [-0.3, -0.25) is 4.21 Å². The lowest BCUT2D eigenvalue weighted by atomic mass is 10.1. The molecule has 1 fully saturated rings. The minimum Gasteiger partial charge on any atom is -0.755 e. The third-order valence-electron chi connectivity index (χ3n) is 6.63. The Labute approximate surface area is 235 Å². The molecular formula is C27H29N6O5S2-. The molecule has 40 heavy (non-hydrogen) atoms. The summed E-state index contributed by atoms with van der Waals surface area (Å²) in [5.74, 6) is 1.01. The quantitative estimate of drug-likeness (QED) is 0.221. The molecule has 4 aromatic rings. The predicted molar refractivity (Wildman–Crippen MR) is 154 cm³/mol. The maximum absolute atomic E-state index is 12.5. The molecule has 0 amide bonds. The van der Waals surface area contributed by atoms with Gasteiger partial charge in [0.1, 0.15) is 5.52 Å². The van der Waals surface area contributed by atoms with Crippen LogP contribution in [0, 0.1) is 0 Å². The molecule has 2 heterocycles. The summed E-state index contributed by atoms with van der Waals surface area (Å²) in [7, 11) is -1.95. The first-order valence-electron chi connectivity index (χ1n) is 12.5. The summed E-state index contributed by atoms with van der Waals surface area (Å²) in [5.41, 5.74) is 4.37. The third-order valence-corrected chi connectivity index (χ3v) is 8.21. The minimum atomic E-state index is -3.48. The van der Waals surface area contributed by atoms with Crippen LogP contribution in [0.2, 0.25) is 0 Å². The second-order valence-corrected chi connectivity index (χ2v) is 12.7. The number of anilines is 3. The van der Waals surface area contributed by atoms with Crippen LogP contribution in [-0.4, -0.2) is 51.0 Å². The molecule has 1 unspecified atom stereocenters. The van der Waals surface area contributed by atoms with E-state index in [-0.39, 0.29) is 17.0 Å². The van der Waals surface area contributed by atoms with Gasteiger partial charge in [0.05, 0.1) is 22.7 Å². The molecule has 2 aromatic heterocycles. The molecule has 0 bridgehead atoms. The molecule has 1 atom stereocenters. The van der Waals surface area contributed by atoms with E-state index in [1.54, 1.807) is 24.3 Å². The zero-order valence-corrected chi connectivity index (χ0v) is 23.9. The number of benzene rings is 2. The molecule has 0 radical (unpaired) electrons. The number of rotatable bonds is 11. The van der Waals surface area contributed by atoms with Crippen LogP contribution in [0.15, 0.2) is 59.5 Å². The van der Waals surface area contributed by atoms with Crippen LogP contribution in [0.1, 0.15) is 30.9 Å². The van der Waals surface area contributed by atoms with Gasteiger partial charge in [0.2, 0.25) is 5.95 Å². The van der Waals surface area contributed by atoms with Gasteiger partial charge in [0.25, 0.3) is 0 Å². The molecule has 0 saturated heterocycles. The first-order valence-corrected chi connectivity index (χ1v) is 15.5. The maximum Gasteiger partial charge on any atom is 0.225 e. The van der Waals surface area contributed by atoms with Crippen LogP contribution in [0.3, 0.4) is 0 Å². The van der Waals surface area contributed by atoms with Crippen molar-refractivity contribution in [1.82, 2.24) is 15.0 Å². The second kappa shape index (κ2) is 11.1. The Bertz CT molecular complexity index is 1690. The van der Waals surface area contributed by atoms with Crippen molar-refractivity contribution in [2.45, 2.75) is 43.4 Å². The number of methoxy groups -OCH3 is 1. The molecule has 1 aliphatic carbocycles. The van der Waals surface area contributed by atoms with Gasteiger partial charge < -0.3 is 24.6 Å². The molecule has 5 rings (SSSR count). The lowest BCUT2D eigenvalue weighted by molar-refractivity contribution is 0.182. The Morgan fingerprint density at radius 1 is 1.05 bits per heavy atom.